The fourth-order valence-corrected chi connectivity index (χ4v) is 1.35. The third-order valence-electron chi connectivity index (χ3n) is 2.30. The molecule has 8 heteroatoms. The summed E-state index contributed by atoms with van der Waals surface area (Å²) in [6.45, 7) is 8.71. The van der Waals surface area contributed by atoms with Crippen LogP contribution in [0.1, 0.15) is 13.8 Å². The van der Waals surface area contributed by atoms with Gasteiger partial charge < -0.3 is 10.6 Å². The van der Waals surface area contributed by atoms with Crippen molar-refractivity contribution in [2.45, 2.75) is 24.8 Å². The van der Waals surface area contributed by atoms with E-state index in [1.165, 1.54) is 0 Å². The van der Waals surface area contributed by atoms with E-state index >= 15 is 0 Å². The Morgan fingerprint density at radius 2 is 1.50 bits per heavy atom. The summed E-state index contributed by atoms with van der Waals surface area (Å²) in [6.07, 6.45) is 0.490. The van der Waals surface area contributed by atoms with Crippen molar-refractivity contribution in [2.75, 3.05) is 0 Å². The third kappa shape index (κ3) is 3.97. The van der Waals surface area contributed by atoms with Gasteiger partial charge >= 0.3 is 0 Å². The molecule has 2 amide bonds. The fourth-order valence-electron chi connectivity index (χ4n) is 0.935. The summed E-state index contributed by atoms with van der Waals surface area (Å²) in [7, 11) is -4.51. The molecule has 0 bridgehead atoms. The second-order valence-electron chi connectivity index (χ2n) is 3.94. The lowest BCUT2D eigenvalue weighted by molar-refractivity contribution is -0.120. The Kier molecular flexibility index (Phi) is 5.25. The first-order valence-electron chi connectivity index (χ1n) is 4.89. The minimum Gasteiger partial charge on any atom is -0.331 e. The zero-order valence-corrected chi connectivity index (χ0v) is 11.0. The molecule has 0 aromatic carbocycles. The number of carbonyl (C=O) groups is 2. The Morgan fingerprint density at radius 1 is 1.17 bits per heavy atom. The topological polar surface area (TPSA) is 113 Å². The Hall–Kier alpha value is -1.67. The average Bonchev–Trinajstić information content (AvgIpc) is 2.25. The molecule has 0 saturated heterocycles. The number of hydrogen-bond donors (Lipinski definition) is 3. The summed E-state index contributed by atoms with van der Waals surface area (Å²) in [5, 5.41) is 4.41. The quantitative estimate of drug-likeness (QED) is 0.346. The molecular weight excluding hydrogens is 260 g/mol. The van der Waals surface area contributed by atoms with E-state index in [4.69, 9.17) is 4.55 Å². The molecule has 0 rings (SSSR count). The molecule has 0 radical (unpaired) electrons. The van der Waals surface area contributed by atoms with Gasteiger partial charge in [0.1, 0.15) is 10.9 Å². The van der Waals surface area contributed by atoms with Gasteiger partial charge in [0.05, 0.1) is 0 Å². The molecule has 0 spiro atoms. The maximum absolute atomic E-state index is 11.2. The molecule has 0 atom stereocenters. The summed E-state index contributed by atoms with van der Waals surface area (Å²) in [4.78, 5) is 22.4. The first kappa shape index (κ1) is 16.3. The van der Waals surface area contributed by atoms with Gasteiger partial charge in [-0.2, -0.15) is 8.42 Å². The zero-order chi connectivity index (χ0) is 14.6. The highest BCUT2D eigenvalue weighted by molar-refractivity contribution is 7.87. The molecule has 0 saturated carbocycles. The van der Waals surface area contributed by atoms with Crippen molar-refractivity contribution in [3.8, 4) is 0 Å². The number of carbonyl (C=O) groups excluding carboxylic acids is 2. The molecule has 0 aliphatic rings. The lowest BCUT2D eigenvalue weighted by Crippen LogP contribution is -2.61. The minimum atomic E-state index is -4.51. The van der Waals surface area contributed by atoms with E-state index < -0.39 is 32.8 Å². The van der Waals surface area contributed by atoms with Crippen LogP contribution in [-0.2, 0) is 19.7 Å². The summed E-state index contributed by atoms with van der Waals surface area (Å²) in [5.41, 5.74) is 0. The minimum absolute atomic E-state index is 0.693. The van der Waals surface area contributed by atoms with Gasteiger partial charge in [-0.25, -0.2) is 0 Å². The summed E-state index contributed by atoms with van der Waals surface area (Å²) in [6, 6.07) is 0. The van der Waals surface area contributed by atoms with Gasteiger partial charge in [0.15, 0.2) is 0 Å². The second kappa shape index (κ2) is 5.78. The maximum Gasteiger partial charge on any atom is 0.274 e. The molecule has 0 unspecified atom stereocenters. The second-order valence-corrected chi connectivity index (χ2v) is 5.94. The zero-order valence-electron chi connectivity index (χ0n) is 10.1. The van der Waals surface area contributed by atoms with Crippen LogP contribution in [0.25, 0.3) is 0 Å². The van der Waals surface area contributed by atoms with Gasteiger partial charge in [-0.1, -0.05) is 13.2 Å². The number of hydrogen-bond acceptors (Lipinski definition) is 4. The van der Waals surface area contributed by atoms with Gasteiger partial charge in [-0.3, -0.25) is 14.1 Å². The SMILES string of the molecule is C=CC(=O)NC(NC(=O)C=C)C(C)(C)S(=O)(=O)O. The molecule has 18 heavy (non-hydrogen) atoms. The van der Waals surface area contributed by atoms with Gasteiger partial charge in [-0.15, -0.1) is 0 Å². The van der Waals surface area contributed by atoms with Crippen molar-refractivity contribution >= 4 is 21.9 Å². The number of amides is 2. The van der Waals surface area contributed by atoms with Crippen LogP contribution in [0.5, 0.6) is 0 Å². The van der Waals surface area contributed by atoms with Crippen LogP contribution < -0.4 is 10.6 Å². The predicted molar refractivity (Wildman–Crippen MR) is 66.1 cm³/mol. The van der Waals surface area contributed by atoms with E-state index in [2.05, 4.69) is 23.8 Å². The van der Waals surface area contributed by atoms with Crippen molar-refractivity contribution in [1.82, 2.24) is 10.6 Å². The van der Waals surface area contributed by atoms with Crippen LogP contribution in [0.4, 0.5) is 0 Å². The monoisotopic (exact) mass is 276 g/mol. The van der Waals surface area contributed by atoms with E-state index in [-0.39, 0.29) is 0 Å². The Morgan fingerprint density at radius 3 is 1.72 bits per heavy atom. The van der Waals surface area contributed by atoms with Crippen LogP contribution in [0.3, 0.4) is 0 Å². The lowest BCUT2D eigenvalue weighted by Gasteiger charge is -2.31. The highest BCUT2D eigenvalue weighted by atomic mass is 32.2. The molecule has 0 aliphatic carbocycles. The van der Waals surface area contributed by atoms with Crippen LogP contribution in [0, 0.1) is 0 Å². The first-order valence-corrected chi connectivity index (χ1v) is 6.33. The Labute approximate surface area is 106 Å². The van der Waals surface area contributed by atoms with Crippen molar-refractivity contribution in [2.24, 2.45) is 0 Å². The van der Waals surface area contributed by atoms with Crippen molar-refractivity contribution in [3.63, 3.8) is 0 Å². The van der Waals surface area contributed by atoms with E-state index in [0.717, 1.165) is 26.0 Å². The molecule has 3 N–H and O–H groups in total. The van der Waals surface area contributed by atoms with E-state index in [0.29, 0.717) is 0 Å². The molecule has 0 fully saturated rings. The van der Waals surface area contributed by atoms with E-state index in [1.807, 2.05) is 0 Å². The Balaban J connectivity index is 5.32. The molecular formula is C10H16N2O5S. The van der Waals surface area contributed by atoms with Gasteiger partial charge in [0, 0.05) is 0 Å². The molecule has 0 aliphatic heterocycles. The van der Waals surface area contributed by atoms with Crippen LogP contribution in [-0.4, -0.2) is 35.7 Å². The highest BCUT2D eigenvalue weighted by Crippen LogP contribution is 2.18. The Bertz CT molecular complexity index is 445. The van der Waals surface area contributed by atoms with Gasteiger partial charge in [0.25, 0.3) is 10.1 Å². The molecule has 0 aromatic rings. The molecule has 0 aromatic heterocycles. The highest BCUT2D eigenvalue weighted by Gasteiger charge is 2.42. The summed E-state index contributed by atoms with van der Waals surface area (Å²) < 4.78 is 29.8. The molecule has 7 nitrogen and oxygen atoms in total. The maximum atomic E-state index is 11.2. The molecule has 0 heterocycles. The largest absolute Gasteiger partial charge is 0.331 e. The number of rotatable bonds is 6. The van der Waals surface area contributed by atoms with Crippen molar-refractivity contribution < 1.29 is 22.6 Å². The van der Waals surface area contributed by atoms with Crippen molar-refractivity contribution in [1.29, 1.82) is 0 Å². The third-order valence-corrected chi connectivity index (χ3v) is 3.87. The number of nitrogens with one attached hydrogen (secondary N) is 2. The lowest BCUT2D eigenvalue weighted by atomic mass is 10.1. The smallest absolute Gasteiger partial charge is 0.274 e. The fraction of sp³-hybridized carbons (Fsp3) is 0.400. The standard InChI is InChI=1S/C10H16N2O5S/c1-5-7(13)11-9(12-8(14)6-2)10(3,4)18(15,16)17/h5-6,9H,1-2H2,3-4H3,(H,11,13)(H,12,14)(H,15,16,17). The molecule has 102 valence electrons. The first-order chi connectivity index (χ1) is 8.06. The predicted octanol–water partition coefficient (Wildman–Crippen LogP) is -0.417. The van der Waals surface area contributed by atoms with E-state index in [1.54, 1.807) is 0 Å². The van der Waals surface area contributed by atoms with Crippen LogP contribution in [0.15, 0.2) is 25.3 Å². The average molecular weight is 276 g/mol. The van der Waals surface area contributed by atoms with Crippen molar-refractivity contribution in [3.05, 3.63) is 25.3 Å². The van der Waals surface area contributed by atoms with Crippen LogP contribution in [0.2, 0.25) is 0 Å². The summed E-state index contributed by atoms with van der Waals surface area (Å²) >= 11 is 0. The van der Waals surface area contributed by atoms with E-state index in [9.17, 15) is 18.0 Å². The van der Waals surface area contributed by atoms with Crippen LogP contribution >= 0.6 is 0 Å². The van der Waals surface area contributed by atoms with Gasteiger partial charge in [0.2, 0.25) is 11.8 Å². The normalized spacial score (nSPS) is 11.8. The van der Waals surface area contributed by atoms with Gasteiger partial charge in [-0.05, 0) is 26.0 Å². The summed E-state index contributed by atoms with van der Waals surface area (Å²) in [5.74, 6) is -1.39.